The first-order valence-corrected chi connectivity index (χ1v) is 12.3. The number of fused-ring (bicyclic) bond motifs is 1. The Labute approximate surface area is 213 Å². The second-order valence-corrected chi connectivity index (χ2v) is 9.76. The van der Waals surface area contributed by atoms with E-state index in [1.807, 2.05) is 38.1 Å². The van der Waals surface area contributed by atoms with Crippen molar-refractivity contribution in [1.82, 2.24) is 4.98 Å². The predicted octanol–water partition coefficient (Wildman–Crippen LogP) is 7.20. The summed E-state index contributed by atoms with van der Waals surface area (Å²) in [5.74, 6) is -0.879. The van der Waals surface area contributed by atoms with Crippen molar-refractivity contribution >= 4 is 38.8 Å². The number of rotatable bonds is 6. The highest BCUT2D eigenvalue weighted by molar-refractivity contribution is 7.21. The van der Waals surface area contributed by atoms with Crippen LogP contribution in [0, 0.1) is 27.7 Å². The number of carbonyl (C=O) groups excluding carboxylic acids is 1. The third-order valence-corrected chi connectivity index (χ3v) is 7.39. The monoisotopic (exact) mass is 500 g/mol. The van der Waals surface area contributed by atoms with Crippen LogP contribution in [-0.2, 0) is 11.4 Å². The molecule has 0 unspecified atom stereocenters. The summed E-state index contributed by atoms with van der Waals surface area (Å²) in [4.78, 5) is 17.6. The van der Waals surface area contributed by atoms with Gasteiger partial charge >= 0.3 is 0 Å². The molecule has 0 aliphatic carbocycles. The van der Waals surface area contributed by atoms with Gasteiger partial charge in [-0.15, -0.1) is 16.5 Å². The maximum Gasteiger partial charge on any atom is 0.279 e. The number of azo groups is 1. The molecule has 0 bridgehead atoms. The molecule has 36 heavy (non-hydrogen) atoms. The van der Waals surface area contributed by atoms with Crippen molar-refractivity contribution < 1.29 is 15.0 Å². The molecule has 0 aliphatic heterocycles. The van der Waals surface area contributed by atoms with Crippen LogP contribution in [-0.4, -0.2) is 21.1 Å². The summed E-state index contributed by atoms with van der Waals surface area (Å²) in [6, 6.07) is 15.1. The van der Waals surface area contributed by atoms with Gasteiger partial charge in [0.2, 0.25) is 0 Å². The topological polar surface area (TPSA) is 107 Å². The minimum absolute atomic E-state index is 0.210. The molecule has 3 aromatic carbocycles. The Kier molecular flexibility index (Phi) is 7.28. The lowest BCUT2D eigenvalue weighted by molar-refractivity contribution is -0.113. The number of carbonyl (C=O) groups is 1. The lowest BCUT2D eigenvalue weighted by Crippen LogP contribution is -2.16. The normalized spacial score (nSPS) is 12.3. The maximum absolute atomic E-state index is 12.8. The minimum Gasteiger partial charge on any atom is -0.510 e. The van der Waals surface area contributed by atoms with Crippen LogP contribution in [0.2, 0.25) is 0 Å². The first kappa shape index (κ1) is 25.2. The van der Waals surface area contributed by atoms with Gasteiger partial charge in [-0.25, -0.2) is 4.98 Å². The highest BCUT2D eigenvalue weighted by atomic mass is 32.1. The number of hydrogen-bond donors (Lipinski definition) is 3. The molecule has 0 aliphatic rings. The molecule has 1 aromatic heterocycles. The van der Waals surface area contributed by atoms with Gasteiger partial charge in [-0.2, -0.15) is 5.11 Å². The molecular formula is C28H28N4O3S. The van der Waals surface area contributed by atoms with Crippen molar-refractivity contribution in [3.63, 3.8) is 0 Å². The van der Waals surface area contributed by atoms with Crippen LogP contribution in [0.5, 0.6) is 0 Å². The first-order chi connectivity index (χ1) is 17.2. The second-order valence-electron chi connectivity index (χ2n) is 8.76. The fourth-order valence-electron chi connectivity index (χ4n) is 3.71. The average molecular weight is 501 g/mol. The number of thiazole rings is 1. The van der Waals surface area contributed by atoms with Gasteiger partial charge in [0, 0.05) is 16.8 Å². The summed E-state index contributed by atoms with van der Waals surface area (Å²) >= 11 is 1.65. The molecule has 0 spiro atoms. The Balaban J connectivity index is 1.54. The third-order valence-electron chi connectivity index (χ3n) is 6.15. The molecule has 1 heterocycles. The molecular weight excluding hydrogens is 472 g/mol. The smallest absolute Gasteiger partial charge is 0.279 e. The van der Waals surface area contributed by atoms with Crippen LogP contribution in [0.4, 0.5) is 11.4 Å². The average Bonchev–Trinajstić information content (AvgIpc) is 3.29. The number of nitrogens with one attached hydrogen (secondary N) is 1. The van der Waals surface area contributed by atoms with Gasteiger partial charge < -0.3 is 15.5 Å². The van der Waals surface area contributed by atoms with E-state index in [0.717, 1.165) is 27.2 Å². The molecule has 0 saturated heterocycles. The van der Waals surface area contributed by atoms with Crippen molar-refractivity contribution in [2.24, 2.45) is 10.2 Å². The number of aromatic nitrogens is 1. The number of aliphatic hydroxyl groups is 2. The van der Waals surface area contributed by atoms with E-state index in [4.69, 9.17) is 4.98 Å². The van der Waals surface area contributed by atoms with Crippen molar-refractivity contribution in [2.45, 2.75) is 41.2 Å². The van der Waals surface area contributed by atoms with Gasteiger partial charge in [0.1, 0.15) is 10.8 Å². The molecule has 184 valence electrons. The zero-order valence-electron chi connectivity index (χ0n) is 20.9. The van der Waals surface area contributed by atoms with Gasteiger partial charge in [0.15, 0.2) is 5.70 Å². The third kappa shape index (κ3) is 5.19. The number of aryl methyl sites for hydroxylation is 4. The van der Waals surface area contributed by atoms with E-state index in [9.17, 15) is 15.0 Å². The predicted molar refractivity (Wildman–Crippen MR) is 145 cm³/mol. The molecule has 8 heteroatoms. The summed E-state index contributed by atoms with van der Waals surface area (Å²) in [6.45, 7) is 9.20. The minimum atomic E-state index is -0.617. The summed E-state index contributed by atoms with van der Waals surface area (Å²) in [5, 5.41) is 31.5. The Morgan fingerprint density at radius 2 is 1.69 bits per heavy atom. The Bertz CT molecular complexity index is 1510. The van der Waals surface area contributed by atoms with E-state index in [0.29, 0.717) is 16.9 Å². The van der Waals surface area contributed by atoms with E-state index < -0.39 is 5.91 Å². The largest absolute Gasteiger partial charge is 0.510 e. The van der Waals surface area contributed by atoms with Crippen LogP contribution in [0.1, 0.15) is 34.7 Å². The second kappa shape index (κ2) is 10.4. The Morgan fingerprint density at radius 1 is 1.00 bits per heavy atom. The highest BCUT2D eigenvalue weighted by Gasteiger charge is 2.16. The van der Waals surface area contributed by atoms with Crippen LogP contribution < -0.4 is 5.32 Å². The van der Waals surface area contributed by atoms with Crippen LogP contribution in [0.15, 0.2) is 70.2 Å². The quantitative estimate of drug-likeness (QED) is 0.148. The van der Waals surface area contributed by atoms with Gasteiger partial charge in [-0.05, 0) is 93.3 Å². The molecule has 1 amide bonds. The van der Waals surface area contributed by atoms with Crippen molar-refractivity contribution in [3.8, 4) is 10.6 Å². The van der Waals surface area contributed by atoms with Gasteiger partial charge in [-0.1, -0.05) is 12.1 Å². The van der Waals surface area contributed by atoms with Gasteiger partial charge in [0.05, 0.1) is 22.5 Å². The molecule has 4 rings (SSSR count). The van der Waals surface area contributed by atoms with Crippen molar-refractivity contribution in [2.75, 3.05) is 5.32 Å². The summed E-state index contributed by atoms with van der Waals surface area (Å²) in [5.41, 5.74) is 7.76. The highest BCUT2D eigenvalue weighted by Crippen LogP contribution is 2.34. The molecule has 4 aromatic rings. The van der Waals surface area contributed by atoms with Crippen LogP contribution in [0.25, 0.3) is 20.8 Å². The number of nitrogens with zero attached hydrogens (tertiary/aromatic N) is 3. The van der Waals surface area contributed by atoms with Crippen molar-refractivity contribution in [3.05, 3.63) is 87.8 Å². The number of anilines is 1. The molecule has 3 N–H and O–H groups in total. The molecule has 7 nitrogen and oxygen atoms in total. The number of benzene rings is 3. The number of aliphatic hydroxyl groups excluding tert-OH is 2. The van der Waals surface area contributed by atoms with E-state index in [1.165, 1.54) is 22.8 Å². The van der Waals surface area contributed by atoms with E-state index >= 15 is 0 Å². The standard InChI is InChI=1S/C28H28N4O3S/c1-15-6-11-23-26(18(15)4)36-28(30-23)20-7-9-22(10-8-20)31-32-25(19(5)34)27(35)29-24-13-17(3)16(2)12-21(24)14-33/h6-13,33-34H,14H2,1-5H3,(H,29,35)/b25-19+,32-31?. The van der Waals surface area contributed by atoms with Crippen molar-refractivity contribution in [1.29, 1.82) is 0 Å². The van der Waals surface area contributed by atoms with E-state index in [2.05, 4.69) is 35.5 Å². The number of amides is 1. The molecule has 0 fully saturated rings. The van der Waals surface area contributed by atoms with Gasteiger partial charge in [-0.3, -0.25) is 4.79 Å². The number of hydrogen-bond acceptors (Lipinski definition) is 7. The fourth-order valence-corrected chi connectivity index (χ4v) is 4.83. The van der Waals surface area contributed by atoms with Crippen LogP contribution >= 0.6 is 11.3 Å². The maximum atomic E-state index is 12.8. The SMILES string of the molecule is C/C(O)=C(\N=Nc1ccc(-c2nc3ccc(C)c(C)c3s2)cc1)C(=O)Nc1cc(C)c(C)cc1CO. The molecule has 0 atom stereocenters. The summed E-state index contributed by atoms with van der Waals surface area (Å²) in [6.07, 6.45) is 0. The Hall–Kier alpha value is -3.88. The zero-order chi connectivity index (χ0) is 26.0. The Morgan fingerprint density at radius 3 is 2.36 bits per heavy atom. The molecule has 0 radical (unpaired) electrons. The number of allylic oxidation sites excluding steroid dienone is 1. The lowest BCUT2D eigenvalue weighted by atomic mass is 10.0. The fraction of sp³-hybridized carbons (Fsp3) is 0.214. The van der Waals surface area contributed by atoms with Gasteiger partial charge in [0.25, 0.3) is 5.91 Å². The summed E-state index contributed by atoms with van der Waals surface area (Å²) in [7, 11) is 0. The lowest BCUT2D eigenvalue weighted by Gasteiger charge is -2.12. The van der Waals surface area contributed by atoms with E-state index in [1.54, 1.807) is 29.5 Å². The summed E-state index contributed by atoms with van der Waals surface area (Å²) < 4.78 is 1.18. The first-order valence-electron chi connectivity index (χ1n) is 11.5. The zero-order valence-corrected chi connectivity index (χ0v) is 21.7. The van der Waals surface area contributed by atoms with Crippen LogP contribution in [0.3, 0.4) is 0 Å². The van der Waals surface area contributed by atoms with E-state index in [-0.39, 0.29) is 18.1 Å². The molecule has 0 saturated carbocycles.